The first-order valence-electron chi connectivity index (χ1n) is 7.81. The van der Waals surface area contributed by atoms with Gasteiger partial charge in [0.05, 0.1) is 17.4 Å². The average Bonchev–Trinajstić information content (AvgIpc) is 2.67. The summed E-state index contributed by atoms with van der Waals surface area (Å²) < 4.78 is 13.0. The molecule has 4 rings (SSSR count). The lowest BCUT2D eigenvalue weighted by Gasteiger charge is -2.07. The topological polar surface area (TPSA) is 63.6 Å². The minimum absolute atomic E-state index is 0.282. The van der Waals surface area contributed by atoms with Crippen molar-refractivity contribution in [2.75, 3.05) is 5.32 Å². The van der Waals surface area contributed by atoms with Crippen LogP contribution in [-0.4, -0.2) is 20.2 Å². The van der Waals surface area contributed by atoms with Crippen LogP contribution >= 0.6 is 0 Å². The smallest absolute Gasteiger partial charge is 0.243 e. The lowest BCUT2D eigenvalue weighted by Crippen LogP contribution is -2.05. The summed E-state index contributed by atoms with van der Waals surface area (Å²) in [5, 5.41) is 12.2. The standard InChI is InChI=1S/C19H14FN5/c20-16-6-4-14(5-7-16)18-12-23-25-19(24-18)22-11-13-3-8-17-15(10-13)2-1-9-21-17/h1-10,12H,11H2,(H,22,24,25). The Hall–Kier alpha value is -3.41. The molecule has 0 fully saturated rings. The molecule has 1 N–H and O–H groups in total. The van der Waals surface area contributed by atoms with Crippen LogP contribution in [0, 0.1) is 5.82 Å². The summed E-state index contributed by atoms with van der Waals surface area (Å²) in [5.41, 5.74) is 3.48. The zero-order valence-corrected chi connectivity index (χ0v) is 13.2. The first-order valence-corrected chi connectivity index (χ1v) is 7.81. The van der Waals surface area contributed by atoms with Crippen molar-refractivity contribution >= 4 is 16.9 Å². The first-order chi connectivity index (χ1) is 12.3. The van der Waals surface area contributed by atoms with Crippen molar-refractivity contribution in [3.8, 4) is 11.3 Å². The van der Waals surface area contributed by atoms with Gasteiger partial charge in [-0.05, 0) is 48.0 Å². The number of benzene rings is 2. The van der Waals surface area contributed by atoms with Crippen LogP contribution in [0.2, 0.25) is 0 Å². The third kappa shape index (κ3) is 3.42. The fourth-order valence-corrected chi connectivity index (χ4v) is 2.55. The molecule has 0 saturated carbocycles. The van der Waals surface area contributed by atoms with Crippen LogP contribution in [0.3, 0.4) is 0 Å². The van der Waals surface area contributed by atoms with Gasteiger partial charge in [-0.2, -0.15) is 5.10 Å². The zero-order valence-electron chi connectivity index (χ0n) is 13.2. The SMILES string of the molecule is Fc1ccc(-c2cnnc(NCc3ccc4ncccc4c3)n2)cc1. The number of nitrogens with one attached hydrogen (secondary N) is 1. The highest BCUT2D eigenvalue weighted by atomic mass is 19.1. The molecule has 2 aromatic carbocycles. The van der Waals surface area contributed by atoms with Crippen molar-refractivity contribution in [2.45, 2.75) is 6.54 Å². The fourth-order valence-electron chi connectivity index (χ4n) is 2.55. The third-order valence-electron chi connectivity index (χ3n) is 3.82. The van der Waals surface area contributed by atoms with Gasteiger partial charge in [-0.1, -0.05) is 12.1 Å². The van der Waals surface area contributed by atoms with E-state index in [4.69, 9.17) is 0 Å². The highest BCUT2D eigenvalue weighted by Gasteiger charge is 2.04. The average molecular weight is 331 g/mol. The van der Waals surface area contributed by atoms with Crippen LogP contribution in [0.1, 0.15) is 5.56 Å². The Bertz CT molecular complexity index is 1020. The summed E-state index contributed by atoms with van der Waals surface area (Å²) in [4.78, 5) is 8.74. The van der Waals surface area contributed by atoms with Crippen LogP contribution in [0.5, 0.6) is 0 Å². The second kappa shape index (κ2) is 6.60. The number of rotatable bonds is 4. The first kappa shape index (κ1) is 15.1. The van der Waals surface area contributed by atoms with Crippen LogP contribution < -0.4 is 5.32 Å². The molecular weight excluding hydrogens is 317 g/mol. The molecule has 0 aliphatic heterocycles. The van der Waals surface area contributed by atoms with Crippen molar-refractivity contribution in [1.29, 1.82) is 0 Å². The molecule has 0 spiro atoms. The van der Waals surface area contributed by atoms with Gasteiger partial charge >= 0.3 is 0 Å². The Kier molecular flexibility index (Phi) is 4.00. The number of aromatic nitrogens is 4. The van der Waals surface area contributed by atoms with Crippen molar-refractivity contribution in [1.82, 2.24) is 20.2 Å². The summed E-state index contributed by atoms with van der Waals surface area (Å²) >= 11 is 0. The maximum absolute atomic E-state index is 13.0. The zero-order chi connectivity index (χ0) is 17.1. The van der Waals surface area contributed by atoms with E-state index in [9.17, 15) is 4.39 Å². The van der Waals surface area contributed by atoms with E-state index in [2.05, 4.69) is 31.5 Å². The molecule has 0 atom stereocenters. The third-order valence-corrected chi connectivity index (χ3v) is 3.82. The maximum Gasteiger partial charge on any atom is 0.243 e. The Morgan fingerprint density at radius 3 is 2.76 bits per heavy atom. The second-order valence-electron chi connectivity index (χ2n) is 5.56. The number of pyridine rings is 1. The molecule has 4 aromatic rings. The fraction of sp³-hybridized carbons (Fsp3) is 0.0526. The molecule has 2 aromatic heterocycles. The van der Waals surface area contributed by atoms with Crippen LogP contribution in [0.25, 0.3) is 22.2 Å². The van der Waals surface area contributed by atoms with Crippen molar-refractivity contribution < 1.29 is 4.39 Å². The Balaban J connectivity index is 1.52. The van der Waals surface area contributed by atoms with E-state index < -0.39 is 0 Å². The van der Waals surface area contributed by atoms with E-state index in [0.717, 1.165) is 22.0 Å². The van der Waals surface area contributed by atoms with E-state index in [0.29, 0.717) is 18.2 Å². The molecule has 0 aliphatic carbocycles. The Morgan fingerprint density at radius 2 is 1.88 bits per heavy atom. The molecule has 0 bridgehead atoms. The van der Waals surface area contributed by atoms with E-state index in [1.54, 1.807) is 24.5 Å². The van der Waals surface area contributed by atoms with Gasteiger partial charge < -0.3 is 5.32 Å². The number of hydrogen-bond donors (Lipinski definition) is 1. The lowest BCUT2D eigenvalue weighted by molar-refractivity contribution is 0.628. The monoisotopic (exact) mass is 331 g/mol. The summed E-state index contributed by atoms with van der Waals surface area (Å²) in [6, 6.07) is 16.1. The molecule has 6 heteroatoms. The minimum atomic E-state index is -0.282. The lowest BCUT2D eigenvalue weighted by atomic mass is 10.1. The number of fused-ring (bicyclic) bond motifs is 1. The van der Waals surface area contributed by atoms with E-state index >= 15 is 0 Å². The van der Waals surface area contributed by atoms with Gasteiger partial charge in [0.2, 0.25) is 5.95 Å². The van der Waals surface area contributed by atoms with Gasteiger partial charge in [-0.3, -0.25) is 4.98 Å². The quantitative estimate of drug-likeness (QED) is 0.615. The van der Waals surface area contributed by atoms with E-state index in [1.165, 1.54) is 12.1 Å². The molecule has 0 aliphatic rings. The Morgan fingerprint density at radius 1 is 1.00 bits per heavy atom. The van der Waals surface area contributed by atoms with Crippen molar-refractivity contribution in [3.05, 3.63) is 78.4 Å². The maximum atomic E-state index is 13.0. The largest absolute Gasteiger partial charge is 0.349 e. The van der Waals surface area contributed by atoms with Crippen LogP contribution in [0.15, 0.2) is 67.0 Å². The second-order valence-corrected chi connectivity index (χ2v) is 5.56. The van der Waals surface area contributed by atoms with E-state index in [1.807, 2.05) is 24.3 Å². The van der Waals surface area contributed by atoms with Gasteiger partial charge in [0.15, 0.2) is 0 Å². The van der Waals surface area contributed by atoms with Gasteiger partial charge in [-0.25, -0.2) is 9.37 Å². The van der Waals surface area contributed by atoms with Gasteiger partial charge in [0, 0.05) is 23.7 Å². The molecule has 122 valence electrons. The highest BCUT2D eigenvalue weighted by Crippen LogP contribution is 2.18. The summed E-state index contributed by atoms with van der Waals surface area (Å²) in [7, 11) is 0. The van der Waals surface area contributed by atoms with Gasteiger partial charge in [-0.15, -0.1) is 5.10 Å². The van der Waals surface area contributed by atoms with Crippen LogP contribution in [0.4, 0.5) is 10.3 Å². The van der Waals surface area contributed by atoms with Gasteiger partial charge in [0.1, 0.15) is 5.82 Å². The molecular formula is C19H14FN5. The molecule has 5 nitrogen and oxygen atoms in total. The summed E-state index contributed by atoms with van der Waals surface area (Å²) in [6.45, 7) is 0.569. The summed E-state index contributed by atoms with van der Waals surface area (Å²) in [5.74, 6) is 0.142. The molecule has 2 heterocycles. The van der Waals surface area contributed by atoms with E-state index in [-0.39, 0.29) is 5.82 Å². The highest BCUT2D eigenvalue weighted by molar-refractivity contribution is 5.78. The Labute approximate surface area is 143 Å². The molecule has 0 unspecified atom stereocenters. The molecule has 0 amide bonds. The van der Waals surface area contributed by atoms with Crippen LogP contribution in [-0.2, 0) is 6.54 Å². The predicted molar refractivity (Wildman–Crippen MR) is 94.3 cm³/mol. The molecule has 0 radical (unpaired) electrons. The minimum Gasteiger partial charge on any atom is -0.349 e. The normalized spacial score (nSPS) is 10.8. The van der Waals surface area contributed by atoms with Crippen molar-refractivity contribution in [2.24, 2.45) is 0 Å². The predicted octanol–water partition coefficient (Wildman–Crippen LogP) is 3.84. The van der Waals surface area contributed by atoms with Gasteiger partial charge in [0.25, 0.3) is 0 Å². The summed E-state index contributed by atoms with van der Waals surface area (Å²) in [6.07, 6.45) is 3.33. The number of hydrogen-bond acceptors (Lipinski definition) is 5. The van der Waals surface area contributed by atoms with Crippen molar-refractivity contribution in [3.63, 3.8) is 0 Å². The molecule has 0 saturated heterocycles. The molecule has 25 heavy (non-hydrogen) atoms. The number of nitrogens with zero attached hydrogens (tertiary/aromatic N) is 4. The number of halogens is 1. The number of anilines is 1.